The molecule has 0 aliphatic heterocycles. The fourth-order valence-corrected chi connectivity index (χ4v) is 1.64. The highest BCUT2D eigenvalue weighted by atomic mass is 19.1. The Balaban J connectivity index is 2.87. The maximum absolute atomic E-state index is 13.5. The number of nitrogens with one attached hydrogen (secondary N) is 1. The molecule has 7 heteroatoms. The number of carbonyl (C=O) groups excluding carboxylic acids is 1. The number of hydrogen-bond acceptors (Lipinski definition) is 4. The van der Waals surface area contributed by atoms with E-state index in [9.17, 15) is 19.3 Å². The third-order valence-electron chi connectivity index (χ3n) is 2.84. The molecule has 0 radical (unpaired) electrons. The molecule has 0 fully saturated rings. The molecule has 0 aromatic heterocycles. The summed E-state index contributed by atoms with van der Waals surface area (Å²) in [4.78, 5) is 21.7. The van der Waals surface area contributed by atoms with Gasteiger partial charge in [0.1, 0.15) is 0 Å². The second-order valence-electron chi connectivity index (χ2n) is 4.15. The Morgan fingerprint density at radius 1 is 1.58 bits per heavy atom. The van der Waals surface area contributed by atoms with E-state index in [2.05, 4.69) is 5.32 Å². The van der Waals surface area contributed by atoms with E-state index in [4.69, 9.17) is 5.73 Å². The van der Waals surface area contributed by atoms with Crippen molar-refractivity contribution in [1.82, 2.24) is 0 Å². The molecule has 0 bridgehead atoms. The first-order valence-corrected chi connectivity index (χ1v) is 5.92. The lowest BCUT2D eigenvalue weighted by Gasteiger charge is -2.12. The van der Waals surface area contributed by atoms with Crippen LogP contribution in [0.15, 0.2) is 18.2 Å². The second kappa shape index (κ2) is 6.79. The lowest BCUT2D eigenvalue weighted by Crippen LogP contribution is -2.22. The van der Waals surface area contributed by atoms with Gasteiger partial charge >= 0.3 is 0 Å². The Morgan fingerprint density at radius 3 is 2.79 bits per heavy atom. The minimum absolute atomic E-state index is 0.0224. The van der Waals surface area contributed by atoms with Gasteiger partial charge in [0.05, 0.1) is 4.92 Å². The van der Waals surface area contributed by atoms with Crippen LogP contribution in [0.4, 0.5) is 15.8 Å². The molecular formula is C12H16FN3O3. The number of nitrogens with two attached hydrogens (primary N) is 1. The first-order chi connectivity index (χ1) is 8.99. The van der Waals surface area contributed by atoms with Gasteiger partial charge in [-0.2, -0.15) is 0 Å². The first kappa shape index (κ1) is 15.0. The summed E-state index contributed by atoms with van der Waals surface area (Å²) < 4.78 is 13.5. The summed E-state index contributed by atoms with van der Waals surface area (Å²) >= 11 is 0. The summed E-state index contributed by atoms with van der Waals surface area (Å²) in [6.45, 7) is 2.22. The van der Waals surface area contributed by atoms with Crippen molar-refractivity contribution in [2.75, 3.05) is 11.9 Å². The van der Waals surface area contributed by atoms with Crippen LogP contribution in [0.1, 0.15) is 19.8 Å². The van der Waals surface area contributed by atoms with Gasteiger partial charge in [0.2, 0.25) is 5.91 Å². The summed E-state index contributed by atoms with van der Waals surface area (Å²) in [5.41, 5.74) is 4.61. The molecule has 1 aromatic carbocycles. The molecule has 1 atom stereocenters. The summed E-state index contributed by atoms with van der Waals surface area (Å²) in [6, 6.07) is 3.42. The third kappa shape index (κ3) is 3.99. The van der Waals surface area contributed by atoms with Crippen molar-refractivity contribution in [2.45, 2.75) is 19.8 Å². The highest BCUT2D eigenvalue weighted by Gasteiger charge is 2.20. The third-order valence-corrected chi connectivity index (χ3v) is 2.84. The smallest absolute Gasteiger partial charge is 0.295 e. The van der Waals surface area contributed by atoms with Gasteiger partial charge in [0, 0.05) is 12.5 Å². The van der Waals surface area contributed by atoms with Crippen molar-refractivity contribution < 1.29 is 14.1 Å². The summed E-state index contributed by atoms with van der Waals surface area (Å²) in [7, 11) is 0. The number of rotatable bonds is 6. The number of halogens is 1. The van der Waals surface area contributed by atoms with Crippen LogP contribution in [0, 0.1) is 21.8 Å². The zero-order chi connectivity index (χ0) is 14.4. The van der Waals surface area contributed by atoms with Gasteiger partial charge in [-0.05, 0) is 18.5 Å². The number of benzene rings is 1. The molecule has 0 aliphatic rings. The van der Waals surface area contributed by atoms with Crippen molar-refractivity contribution in [3.63, 3.8) is 0 Å². The van der Waals surface area contributed by atoms with Crippen LogP contribution in [0.2, 0.25) is 0 Å². The van der Waals surface area contributed by atoms with E-state index >= 15 is 0 Å². The normalized spacial score (nSPS) is 11.9. The Bertz CT molecular complexity index is 475. The predicted molar refractivity (Wildman–Crippen MR) is 69.1 cm³/mol. The van der Waals surface area contributed by atoms with E-state index < -0.39 is 28.0 Å². The first-order valence-electron chi connectivity index (χ1n) is 5.92. The molecule has 1 aromatic rings. The fourth-order valence-electron chi connectivity index (χ4n) is 1.64. The lowest BCUT2D eigenvalue weighted by atomic mass is 10.0. The monoisotopic (exact) mass is 269 g/mol. The number of para-hydroxylation sites is 1. The number of nitro benzene ring substituents is 1. The second-order valence-corrected chi connectivity index (χ2v) is 4.15. The van der Waals surface area contributed by atoms with Gasteiger partial charge in [-0.1, -0.05) is 19.4 Å². The number of anilines is 1. The standard InChI is InChI=1S/C12H16FN3O3/c1-2-8(7-14)6-11(17)15-12-9(13)4-3-5-10(12)16(18)19/h3-5,8H,2,6-7,14H2,1H3,(H,15,17). The van der Waals surface area contributed by atoms with Crippen LogP contribution in [0.3, 0.4) is 0 Å². The molecule has 6 nitrogen and oxygen atoms in total. The van der Waals surface area contributed by atoms with Crippen LogP contribution < -0.4 is 11.1 Å². The van der Waals surface area contributed by atoms with Gasteiger partial charge in [-0.15, -0.1) is 0 Å². The minimum Gasteiger partial charge on any atom is -0.330 e. The van der Waals surface area contributed by atoms with E-state index in [1.165, 1.54) is 6.07 Å². The molecule has 1 unspecified atom stereocenters. The zero-order valence-corrected chi connectivity index (χ0v) is 10.6. The fraction of sp³-hybridized carbons (Fsp3) is 0.417. The highest BCUT2D eigenvalue weighted by Crippen LogP contribution is 2.27. The molecule has 0 aliphatic carbocycles. The molecule has 0 heterocycles. The molecular weight excluding hydrogens is 253 g/mol. The quantitative estimate of drug-likeness (QED) is 0.610. The lowest BCUT2D eigenvalue weighted by molar-refractivity contribution is -0.384. The Kier molecular flexibility index (Phi) is 5.37. The highest BCUT2D eigenvalue weighted by molar-refractivity contribution is 5.93. The van der Waals surface area contributed by atoms with Crippen molar-refractivity contribution >= 4 is 17.3 Å². The SMILES string of the molecule is CCC(CN)CC(=O)Nc1c(F)cccc1[N+](=O)[O-]. The Hall–Kier alpha value is -2.02. The predicted octanol–water partition coefficient (Wildman–Crippen LogP) is 2.05. The number of nitro groups is 1. The topological polar surface area (TPSA) is 98.3 Å². The van der Waals surface area contributed by atoms with Crippen molar-refractivity contribution in [1.29, 1.82) is 0 Å². The molecule has 3 N–H and O–H groups in total. The summed E-state index contributed by atoms with van der Waals surface area (Å²) in [5.74, 6) is -1.33. The molecule has 1 rings (SSSR count). The van der Waals surface area contributed by atoms with E-state index in [1.54, 1.807) is 0 Å². The molecule has 0 saturated carbocycles. The molecule has 19 heavy (non-hydrogen) atoms. The van der Waals surface area contributed by atoms with Gasteiger partial charge in [-0.3, -0.25) is 14.9 Å². The maximum Gasteiger partial charge on any atom is 0.295 e. The average Bonchev–Trinajstić information content (AvgIpc) is 2.38. The van der Waals surface area contributed by atoms with E-state index in [-0.39, 0.29) is 12.3 Å². The molecule has 104 valence electrons. The van der Waals surface area contributed by atoms with Gasteiger partial charge in [0.25, 0.3) is 5.69 Å². The van der Waals surface area contributed by atoms with E-state index in [0.717, 1.165) is 12.1 Å². The number of carbonyl (C=O) groups is 1. The zero-order valence-electron chi connectivity index (χ0n) is 10.6. The Labute approximate surface area is 109 Å². The van der Waals surface area contributed by atoms with E-state index in [1.807, 2.05) is 6.92 Å². The van der Waals surface area contributed by atoms with Crippen molar-refractivity contribution in [2.24, 2.45) is 11.7 Å². The van der Waals surface area contributed by atoms with Crippen LogP contribution >= 0.6 is 0 Å². The number of nitrogens with zero attached hydrogens (tertiary/aromatic N) is 1. The Morgan fingerprint density at radius 2 is 2.26 bits per heavy atom. The van der Waals surface area contributed by atoms with Crippen LogP contribution in [-0.2, 0) is 4.79 Å². The molecule has 1 amide bonds. The van der Waals surface area contributed by atoms with Gasteiger partial charge < -0.3 is 11.1 Å². The average molecular weight is 269 g/mol. The van der Waals surface area contributed by atoms with E-state index in [0.29, 0.717) is 13.0 Å². The van der Waals surface area contributed by atoms with Crippen LogP contribution in [0.5, 0.6) is 0 Å². The maximum atomic E-state index is 13.5. The molecule has 0 spiro atoms. The largest absolute Gasteiger partial charge is 0.330 e. The van der Waals surface area contributed by atoms with Crippen LogP contribution in [-0.4, -0.2) is 17.4 Å². The summed E-state index contributed by atoms with van der Waals surface area (Å²) in [5, 5.41) is 13.0. The van der Waals surface area contributed by atoms with Crippen molar-refractivity contribution in [3.05, 3.63) is 34.1 Å². The molecule has 0 saturated heterocycles. The van der Waals surface area contributed by atoms with Gasteiger partial charge in [0.15, 0.2) is 11.5 Å². The number of amides is 1. The van der Waals surface area contributed by atoms with Crippen LogP contribution in [0.25, 0.3) is 0 Å². The minimum atomic E-state index is -0.830. The van der Waals surface area contributed by atoms with Crippen molar-refractivity contribution in [3.8, 4) is 0 Å². The summed E-state index contributed by atoms with van der Waals surface area (Å²) in [6.07, 6.45) is 0.821. The number of hydrogen-bond donors (Lipinski definition) is 2. The van der Waals surface area contributed by atoms with Gasteiger partial charge in [-0.25, -0.2) is 4.39 Å².